The van der Waals surface area contributed by atoms with Gasteiger partial charge in [-0.15, -0.1) is 11.3 Å². The van der Waals surface area contributed by atoms with Crippen LogP contribution in [-0.2, 0) is 11.3 Å². The summed E-state index contributed by atoms with van der Waals surface area (Å²) in [6, 6.07) is 1.55. The lowest BCUT2D eigenvalue weighted by Crippen LogP contribution is -2.36. The Labute approximate surface area is 120 Å². The highest BCUT2D eigenvalue weighted by Crippen LogP contribution is 2.26. The summed E-state index contributed by atoms with van der Waals surface area (Å²) in [5.41, 5.74) is 0.773. The van der Waals surface area contributed by atoms with Gasteiger partial charge in [0.05, 0.1) is 0 Å². The van der Waals surface area contributed by atoms with Crippen LogP contribution in [0.15, 0.2) is 23.8 Å². The Balaban J connectivity index is 2.02. The first kappa shape index (κ1) is 14.3. The molecule has 0 aromatic carbocycles. The van der Waals surface area contributed by atoms with Gasteiger partial charge in [-0.1, -0.05) is 0 Å². The summed E-state index contributed by atoms with van der Waals surface area (Å²) in [6.07, 6.45) is 3.38. The van der Waals surface area contributed by atoms with Crippen molar-refractivity contribution in [3.8, 4) is 11.5 Å². The van der Waals surface area contributed by atoms with Crippen LogP contribution in [-0.4, -0.2) is 22.6 Å². The number of anilines is 1. The third kappa shape index (κ3) is 3.24. The van der Waals surface area contributed by atoms with E-state index < -0.39 is 0 Å². The minimum absolute atomic E-state index is 0.0225. The van der Waals surface area contributed by atoms with E-state index in [0.717, 1.165) is 12.2 Å². The fraction of sp³-hybridized carbons (Fsp3) is 0.308. The van der Waals surface area contributed by atoms with Crippen LogP contribution in [0.4, 0.5) is 5.13 Å². The van der Waals surface area contributed by atoms with Crippen molar-refractivity contribution >= 4 is 22.4 Å². The molecule has 7 heteroatoms. The molecular formula is C13H16N3O3S+. The van der Waals surface area contributed by atoms with E-state index in [9.17, 15) is 9.90 Å². The highest BCUT2D eigenvalue weighted by atomic mass is 32.1. The molecule has 0 spiro atoms. The highest BCUT2D eigenvalue weighted by molar-refractivity contribution is 7.13. The number of hydrogen-bond acceptors (Lipinski definition) is 5. The molecule has 2 heterocycles. The molecule has 0 aliphatic rings. The molecule has 0 fully saturated rings. The number of hydrogen-bond donors (Lipinski definition) is 2. The Morgan fingerprint density at radius 1 is 1.60 bits per heavy atom. The number of ether oxygens (including phenoxy) is 1. The SMILES string of the molecule is CC[n+]1ccc(O)c(OCC(=O)Nc2nccs2)c1C. The van der Waals surface area contributed by atoms with Crippen LogP contribution in [0.25, 0.3) is 0 Å². The molecule has 0 atom stereocenters. The van der Waals surface area contributed by atoms with Gasteiger partial charge in [-0.05, 0) is 6.92 Å². The molecule has 1 amide bonds. The second kappa shape index (κ2) is 6.33. The number of thiazole rings is 1. The normalized spacial score (nSPS) is 10.3. The summed E-state index contributed by atoms with van der Waals surface area (Å²) in [7, 11) is 0. The first-order valence-electron chi connectivity index (χ1n) is 6.16. The number of aromatic nitrogens is 2. The molecular weight excluding hydrogens is 278 g/mol. The molecule has 2 rings (SSSR count). The maximum atomic E-state index is 11.7. The topological polar surface area (TPSA) is 75.3 Å². The second-order valence-electron chi connectivity index (χ2n) is 4.08. The van der Waals surface area contributed by atoms with Gasteiger partial charge in [0.1, 0.15) is 6.54 Å². The van der Waals surface area contributed by atoms with Gasteiger partial charge in [-0.2, -0.15) is 4.57 Å². The molecule has 0 saturated heterocycles. The standard InChI is InChI=1S/C13H15N3O3S/c1-3-16-6-4-10(17)12(9(16)2)19-8-11(18)15-13-14-5-7-20-13/h4-7H,3,8H2,1-2H3,(H,14,15,18)/p+1. The van der Waals surface area contributed by atoms with Crippen LogP contribution < -0.4 is 14.6 Å². The average molecular weight is 294 g/mol. The molecule has 20 heavy (non-hydrogen) atoms. The third-order valence-electron chi connectivity index (χ3n) is 2.77. The molecule has 0 unspecified atom stereocenters. The first-order valence-corrected chi connectivity index (χ1v) is 7.04. The fourth-order valence-electron chi connectivity index (χ4n) is 1.76. The zero-order valence-electron chi connectivity index (χ0n) is 11.3. The van der Waals surface area contributed by atoms with Crippen molar-refractivity contribution in [2.75, 3.05) is 11.9 Å². The maximum Gasteiger partial charge on any atom is 0.264 e. The number of amides is 1. The molecule has 0 aliphatic carbocycles. The van der Waals surface area contributed by atoms with Gasteiger partial charge in [0.2, 0.25) is 11.4 Å². The lowest BCUT2D eigenvalue weighted by molar-refractivity contribution is -0.699. The number of carbonyl (C=O) groups excluding carboxylic acids is 1. The predicted octanol–water partition coefficient (Wildman–Crippen LogP) is 1.48. The van der Waals surface area contributed by atoms with Gasteiger partial charge in [-0.25, -0.2) is 4.98 Å². The second-order valence-corrected chi connectivity index (χ2v) is 4.97. The van der Waals surface area contributed by atoms with Crippen molar-refractivity contribution < 1.29 is 19.2 Å². The minimum Gasteiger partial charge on any atom is -0.504 e. The third-order valence-corrected chi connectivity index (χ3v) is 3.46. The average Bonchev–Trinajstić information content (AvgIpc) is 2.91. The first-order chi connectivity index (χ1) is 9.61. The fourth-order valence-corrected chi connectivity index (χ4v) is 2.31. The van der Waals surface area contributed by atoms with Crippen LogP contribution in [0.5, 0.6) is 11.5 Å². The van der Waals surface area contributed by atoms with E-state index in [0.29, 0.717) is 10.9 Å². The zero-order valence-corrected chi connectivity index (χ0v) is 12.1. The van der Waals surface area contributed by atoms with Crippen LogP contribution >= 0.6 is 11.3 Å². The molecule has 0 radical (unpaired) electrons. The van der Waals surface area contributed by atoms with Crippen LogP contribution in [0.1, 0.15) is 12.6 Å². The minimum atomic E-state index is -0.314. The van der Waals surface area contributed by atoms with E-state index in [-0.39, 0.29) is 18.3 Å². The molecule has 0 saturated carbocycles. The Morgan fingerprint density at radius 2 is 2.40 bits per heavy atom. The number of carbonyl (C=O) groups is 1. The Bertz CT molecular complexity index is 599. The van der Waals surface area contributed by atoms with E-state index in [1.54, 1.807) is 23.8 Å². The number of aryl methyl sites for hydroxylation is 1. The lowest BCUT2D eigenvalue weighted by Gasteiger charge is -2.09. The molecule has 0 aliphatic heterocycles. The van der Waals surface area contributed by atoms with Crippen molar-refractivity contribution in [3.05, 3.63) is 29.5 Å². The van der Waals surface area contributed by atoms with E-state index in [1.807, 2.05) is 18.4 Å². The van der Waals surface area contributed by atoms with Gasteiger partial charge in [0.15, 0.2) is 23.7 Å². The van der Waals surface area contributed by atoms with Crippen molar-refractivity contribution in [2.24, 2.45) is 0 Å². The largest absolute Gasteiger partial charge is 0.504 e. The summed E-state index contributed by atoms with van der Waals surface area (Å²) in [4.78, 5) is 15.7. The van der Waals surface area contributed by atoms with E-state index in [2.05, 4.69) is 10.3 Å². The predicted molar refractivity (Wildman–Crippen MR) is 75.0 cm³/mol. The number of nitrogens with zero attached hydrogens (tertiary/aromatic N) is 2. The zero-order chi connectivity index (χ0) is 14.5. The summed E-state index contributed by atoms with van der Waals surface area (Å²) in [6.45, 7) is 4.40. The number of nitrogens with one attached hydrogen (secondary N) is 1. The van der Waals surface area contributed by atoms with Gasteiger partial charge in [0.25, 0.3) is 5.91 Å². The van der Waals surface area contributed by atoms with Crippen LogP contribution in [0.2, 0.25) is 0 Å². The number of aromatic hydroxyl groups is 1. The molecule has 2 aromatic heterocycles. The molecule has 2 N–H and O–H groups in total. The summed E-state index contributed by atoms with van der Waals surface area (Å²) in [5.74, 6) is 0.0311. The molecule has 0 bridgehead atoms. The highest BCUT2D eigenvalue weighted by Gasteiger charge is 2.17. The van der Waals surface area contributed by atoms with E-state index in [1.165, 1.54) is 11.3 Å². The Kier molecular flexibility index (Phi) is 4.52. The molecule has 2 aromatic rings. The van der Waals surface area contributed by atoms with Crippen LogP contribution in [0, 0.1) is 6.92 Å². The van der Waals surface area contributed by atoms with Gasteiger partial charge < -0.3 is 9.84 Å². The summed E-state index contributed by atoms with van der Waals surface area (Å²) < 4.78 is 7.34. The van der Waals surface area contributed by atoms with E-state index >= 15 is 0 Å². The summed E-state index contributed by atoms with van der Waals surface area (Å²) >= 11 is 1.33. The quantitative estimate of drug-likeness (QED) is 0.819. The summed E-state index contributed by atoms with van der Waals surface area (Å²) in [5, 5.41) is 14.7. The van der Waals surface area contributed by atoms with Crippen molar-refractivity contribution in [1.29, 1.82) is 0 Å². The van der Waals surface area contributed by atoms with Crippen molar-refractivity contribution in [2.45, 2.75) is 20.4 Å². The van der Waals surface area contributed by atoms with E-state index in [4.69, 9.17) is 4.74 Å². The maximum absolute atomic E-state index is 11.7. The molecule has 106 valence electrons. The van der Waals surface area contributed by atoms with Crippen molar-refractivity contribution in [1.82, 2.24) is 4.98 Å². The molecule has 6 nitrogen and oxygen atoms in total. The number of rotatable bonds is 5. The Morgan fingerprint density at radius 3 is 3.05 bits per heavy atom. The number of pyridine rings is 1. The van der Waals surface area contributed by atoms with Crippen molar-refractivity contribution in [3.63, 3.8) is 0 Å². The monoisotopic (exact) mass is 294 g/mol. The van der Waals surface area contributed by atoms with Crippen LogP contribution in [0.3, 0.4) is 0 Å². The lowest BCUT2D eigenvalue weighted by atomic mass is 10.3. The Hall–Kier alpha value is -2.15. The van der Waals surface area contributed by atoms with Gasteiger partial charge >= 0.3 is 0 Å². The van der Waals surface area contributed by atoms with Gasteiger partial charge in [0, 0.05) is 24.6 Å². The smallest absolute Gasteiger partial charge is 0.264 e. The van der Waals surface area contributed by atoms with Gasteiger partial charge in [-0.3, -0.25) is 10.1 Å².